The highest BCUT2D eigenvalue weighted by atomic mass is 31.2. The maximum absolute atomic E-state index is 15.2. The average molecular weight is 561 g/mol. The molecule has 0 radical (unpaired) electrons. The first kappa shape index (κ1) is 26.9. The van der Waals surface area contributed by atoms with Crippen LogP contribution in [0.1, 0.15) is 33.4 Å². The van der Waals surface area contributed by atoms with Crippen LogP contribution in [-0.2, 0) is 4.57 Å². The molecule has 6 rings (SSSR count). The van der Waals surface area contributed by atoms with Crippen LogP contribution in [0.4, 0.5) is 0 Å². The standard InChI is InChI=1S/C36H33O4P/c1-22-19-28-13-7-10-16-31(28)34(25(22)4)38-41(37,39-35-26(5)23(2)20-29-14-8-11-17-32(29)35)40-36-27(6)24(3)21-30-15-9-12-18-33(30)36/h7-21H,1-6H3. The lowest BCUT2D eigenvalue weighted by atomic mass is 10.0. The summed E-state index contributed by atoms with van der Waals surface area (Å²) in [6.45, 7) is 12.0. The second-order valence-electron chi connectivity index (χ2n) is 10.8. The van der Waals surface area contributed by atoms with Crippen molar-refractivity contribution in [1.82, 2.24) is 0 Å². The molecule has 0 saturated carbocycles. The molecule has 0 unspecified atom stereocenters. The van der Waals surface area contributed by atoms with Gasteiger partial charge >= 0.3 is 7.82 Å². The predicted octanol–water partition coefficient (Wildman–Crippen LogP) is 10.6. The van der Waals surface area contributed by atoms with E-state index in [4.69, 9.17) is 13.6 Å². The normalized spacial score (nSPS) is 11.8. The van der Waals surface area contributed by atoms with Gasteiger partial charge in [-0.15, -0.1) is 0 Å². The predicted molar refractivity (Wildman–Crippen MR) is 170 cm³/mol. The van der Waals surface area contributed by atoms with Gasteiger partial charge in [0, 0.05) is 16.2 Å². The zero-order chi connectivity index (χ0) is 28.9. The van der Waals surface area contributed by atoms with Gasteiger partial charge in [0.15, 0.2) is 0 Å². The number of hydrogen-bond donors (Lipinski definition) is 0. The van der Waals surface area contributed by atoms with Crippen molar-refractivity contribution in [2.45, 2.75) is 41.5 Å². The molecule has 0 aliphatic carbocycles. The van der Waals surface area contributed by atoms with Gasteiger partial charge in [0.1, 0.15) is 17.2 Å². The Morgan fingerprint density at radius 1 is 0.439 bits per heavy atom. The minimum Gasteiger partial charge on any atom is -0.385 e. The van der Waals surface area contributed by atoms with Crippen LogP contribution in [0.15, 0.2) is 91.0 Å². The molecule has 0 saturated heterocycles. The van der Waals surface area contributed by atoms with Crippen molar-refractivity contribution in [1.29, 1.82) is 0 Å². The van der Waals surface area contributed by atoms with E-state index in [1.165, 1.54) is 0 Å². The molecule has 5 heteroatoms. The number of fused-ring (bicyclic) bond motifs is 3. The summed E-state index contributed by atoms with van der Waals surface area (Å²) >= 11 is 0. The monoisotopic (exact) mass is 560 g/mol. The van der Waals surface area contributed by atoms with Crippen molar-refractivity contribution in [3.63, 3.8) is 0 Å². The average Bonchev–Trinajstić information content (AvgIpc) is 2.96. The molecule has 0 heterocycles. The van der Waals surface area contributed by atoms with E-state index < -0.39 is 7.82 Å². The largest absolute Gasteiger partial charge is 0.647 e. The maximum atomic E-state index is 15.2. The summed E-state index contributed by atoms with van der Waals surface area (Å²) < 4.78 is 34.8. The van der Waals surface area contributed by atoms with Gasteiger partial charge in [-0.25, -0.2) is 0 Å². The minimum absolute atomic E-state index is 0.494. The van der Waals surface area contributed by atoms with Crippen LogP contribution in [0.5, 0.6) is 17.2 Å². The Kier molecular flexibility index (Phi) is 6.76. The summed E-state index contributed by atoms with van der Waals surface area (Å²) in [6.07, 6.45) is 0. The Bertz CT molecular complexity index is 1790. The van der Waals surface area contributed by atoms with Crippen LogP contribution >= 0.6 is 7.82 Å². The molecule has 0 atom stereocenters. The first-order valence-electron chi connectivity index (χ1n) is 13.8. The zero-order valence-corrected chi connectivity index (χ0v) is 25.1. The quantitative estimate of drug-likeness (QED) is 0.190. The number of rotatable bonds is 6. The lowest BCUT2D eigenvalue weighted by Crippen LogP contribution is -2.11. The number of hydrogen-bond acceptors (Lipinski definition) is 4. The summed E-state index contributed by atoms with van der Waals surface area (Å²) in [7, 11) is -4.34. The molecule has 0 N–H and O–H groups in total. The fourth-order valence-electron chi connectivity index (χ4n) is 5.40. The molecule has 6 aromatic rings. The molecule has 0 fully saturated rings. The SMILES string of the molecule is Cc1cc2ccccc2c(OP(=O)(Oc2c(C)c(C)cc3ccccc23)Oc2c(C)c(C)cc3ccccc23)c1C. The second-order valence-corrected chi connectivity index (χ2v) is 12.3. The molecule has 41 heavy (non-hydrogen) atoms. The van der Waals surface area contributed by atoms with Crippen molar-refractivity contribution >= 4 is 40.1 Å². The van der Waals surface area contributed by atoms with Crippen LogP contribution in [0.2, 0.25) is 0 Å². The fraction of sp³-hybridized carbons (Fsp3) is 0.167. The molecule has 0 aromatic heterocycles. The van der Waals surface area contributed by atoms with Crippen LogP contribution in [0.3, 0.4) is 0 Å². The number of benzene rings is 6. The highest BCUT2D eigenvalue weighted by Gasteiger charge is 2.37. The Hall–Kier alpha value is -4.27. The molecule has 0 bridgehead atoms. The lowest BCUT2D eigenvalue weighted by Gasteiger charge is -2.25. The Morgan fingerprint density at radius 3 is 1.00 bits per heavy atom. The summed E-state index contributed by atoms with van der Waals surface area (Å²) in [5, 5.41) is 5.52. The summed E-state index contributed by atoms with van der Waals surface area (Å²) in [6, 6.07) is 30.1. The zero-order valence-electron chi connectivity index (χ0n) is 24.2. The van der Waals surface area contributed by atoms with Gasteiger partial charge in [0.05, 0.1) is 0 Å². The van der Waals surface area contributed by atoms with Crippen LogP contribution in [0.25, 0.3) is 32.3 Å². The van der Waals surface area contributed by atoms with E-state index in [1.807, 2.05) is 114 Å². The Balaban J connectivity index is 1.59. The van der Waals surface area contributed by atoms with Crippen molar-refractivity contribution < 1.29 is 18.1 Å². The Labute approximate surface area is 241 Å². The topological polar surface area (TPSA) is 44.8 Å². The molecular weight excluding hydrogens is 527 g/mol. The molecule has 6 aromatic carbocycles. The van der Waals surface area contributed by atoms with Gasteiger partial charge in [-0.2, -0.15) is 4.57 Å². The highest BCUT2D eigenvalue weighted by Crippen LogP contribution is 2.55. The van der Waals surface area contributed by atoms with Gasteiger partial charge < -0.3 is 13.6 Å². The molecule has 206 valence electrons. The van der Waals surface area contributed by atoms with Crippen LogP contribution in [-0.4, -0.2) is 0 Å². The molecule has 0 amide bonds. The minimum atomic E-state index is -4.34. The molecule has 0 spiro atoms. The maximum Gasteiger partial charge on any atom is 0.647 e. The summed E-state index contributed by atoms with van der Waals surface area (Å²) in [5.41, 5.74) is 5.73. The first-order valence-corrected chi connectivity index (χ1v) is 15.3. The molecule has 4 nitrogen and oxygen atoms in total. The highest BCUT2D eigenvalue weighted by molar-refractivity contribution is 7.49. The van der Waals surface area contributed by atoms with E-state index in [1.54, 1.807) is 0 Å². The van der Waals surface area contributed by atoms with Gasteiger partial charge in [-0.05, 0) is 91.1 Å². The van der Waals surface area contributed by atoms with Gasteiger partial charge in [-0.1, -0.05) is 91.0 Å². The third-order valence-corrected chi connectivity index (χ3v) is 9.36. The summed E-state index contributed by atoms with van der Waals surface area (Å²) in [5.74, 6) is 1.48. The van der Waals surface area contributed by atoms with Gasteiger partial charge in [0.2, 0.25) is 0 Å². The number of phosphoric ester groups is 1. The van der Waals surface area contributed by atoms with E-state index in [-0.39, 0.29) is 0 Å². The van der Waals surface area contributed by atoms with Gasteiger partial charge in [0.25, 0.3) is 0 Å². The Morgan fingerprint density at radius 2 is 0.707 bits per heavy atom. The van der Waals surface area contributed by atoms with E-state index in [0.29, 0.717) is 17.2 Å². The second kappa shape index (κ2) is 10.3. The van der Waals surface area contributed by atoms with E-state index in [9.17, 15) is 0 Å². The van der Waals surface area contributed by atoms with E-state index in [0.717, 1.165) is 65.7 Å². The first-order chi connectivity index (χ1) is 19.6. The van der Waals surface area contributed by atoms with Crippen molar-refractivity contribution in [3.8, 4) is 17.2 Å². The van der Waals surface area contributed by atoms with E-state index in [2.05, 4.69) is 18.2 Å². The van der Waals surface area contributed by atoms with Crippen LogP contribution in [0, 0.1) is 41.5 Å². The summed E-state index contributed by atoms with van der Waals surface area (Å²) in [4.78, 5) is 0. The molecule has 0 aliphatic heterocycles. The number of aryl methyl sites for hydroxylation is 3. The fourth-order valence-corrected chi connectivity index (χ4v) is 6.89. The molecule has 0 aliphatic rings. The van der Waals surface area contributed by atoms with Crippen molar-refractivity contribution in [3.05, 3.63) is 124 Å². The van der Waals surface area contributed by atoms with Crippen molar-refractivity contribution in [2.75, 3.05) is 0 Å². The van der Waals surface area contributed by atoms with E-state index >= 15 is 4.57 Å². The van der Waals surface area contributed by atoms with Crippen molar-refractivity contribution in [2.24, 2.45) is 0 Å². The number of phosphoric acid groups is 1. The third-order valence-electron chi connectivity index (χ3n) is 8.14. The molecular formula is C36H33O4P. The smallest absolute Gasteiger partial charge is 0.385 e. The lowest BCUT2D eigenvalue weighted by molar-refractivity contribution is 0.300. The van der Waals surface area contributed by atoms with Gasteiger partial charge in [-0.3, -0.25) is 0 Å². The van der Waals surface area contributed by atoms with Crippen LogP contribution < -0.4 is 13.6 Å². The third kappa shape index (κ3) is 4.83.